The van der Waals surface area contributed by atoms with Crippen molar-refractivity contribution in [3.63, 3.8) is 0 Å². The van der Waals surface area contributed by atoms with Crippen LogP contribution in [0.4, 0.5) is 10.1 Å². The van der Waals surface area contributed by atoms with Crippen LogP contribution in [0.15, 0.2) is 45.8 Å². The number of hydrogen-bond acceptors (Lipinski definition) is 6. The highest BCUT2D eigenvalue weighted by Gasteiger charge is 2.22. The van der Waals surface area contributed by atoms with Crippen LogP contribution in [0.2, 0.25) is 0 Å². The van der Waals surface area contributed by atoms with Crippen molar-refractivity contribution in [2.24, 2.45) is 0 Å². The third-order valence-corrected chi connectivity index (χ3v) is 5.00. The molecular formula is C20H24FN2O5+. The van der Waals surface area contributed by atoms with Gasteiger partial charge in [-0.25, -0.2) is 4.39 Å². The predicted molar refractivity (Wildman–Crippen MR) is 99.2 cm³/mol. The van der Waals surface area contributed by atoms with Crippen LogP contribution in [0.1, 0.15) is 5.76 Å². The zero-order valence-electron chi connectivity index (χ0n) is 15.6. The van der Waals surface area contributed by atoms with Crippen molar-refractivity contribution in [3.8, 4) is 5.75 Å². The molecule has 0 spiro atoms. The lowest BCUT2D eigenvalue weighted by Crippen LogP contribution is -3.13. The van der Waals surface area contributed by atoms with E-state index in [4.69, 9.17) is 18.6 Å². The fourth-order valence-corrected chi connectivity index (χ4v) is 3.45. The summed E-state index contributed by atoms with van der Waals surface area (Å²) in [6, 6.07) is 8.07. The molecule has 1 N–H and O–H groups in total. The van der Waals surface area contributed by atoms with Gasteiger partial charge in [-0.1, -0.05) is 0 Å². The van der Waals surface area contributed by atoms with Crippen LogP contribution < -0.4 is 20.0 Å². The van der Waals surface area contributed by atoms with Gasteiger partial charge in [0.2, 0.25) is 11.2 Å². The van der Waals surface area contributed by atoms with Crippen LogP contribution in [0, 0.1) is 5.82 Å². The lowest BCUT2D eigenvalue weighted by Gasteiger charge is -2.33. The molecule has 0 atom stereocenters. The van der Waals surface area contributed by atoms with Gasteiger partial charge in [-0.05, 0) is 24.3 Å². The summed E-state index contributed by atoms with van der Waals surface area (Å²) in [6.07, 6.45) is 0.932. The first-order valence-electron chi connectivity index (χ1n) is 9.49. The Kier molecular flexibility index (Phi) is 5.90. The molecule has 0 radical (unpaired) electrons. The van der Waals surface area contributed by atoms with Crippen molar-refractivity contribution in [3.05, 3.63) is 58.4 Å². The summed E-state index contributed by atoms with van der Waals surface area (Å²) in [5, 5.41) is 0. The summed E-state index contributed by atoms with van der Waals surface area (Å²) in [7, 11) is 0. The summed E-state index contributed by atoms with van der Waals surface area (Å²) >= 11 is 0. The van der Waals surface area contributed by atoms with Gasteiger partial charge in [0.15, 0.2) is 12.1 Å². The zero-order chi connectivity index (χ0) is 19.3. The number of quaternary nitrogens is 1. The van der Waals surface area contributed by atoms with Crippen LogP contribution in [-0.2, 0) is 16.0 Å². The lowest BCUT2D eigenvalue weighted by atomic mass is 10.2. The van der Waals surface area contributed by atoms with Gasteiger partial charge in [0.05, 0.1) is 39.4 Å². The number of ether oxygens (including phenoxy) is 3. The number of benzene rings is 1. The normalized spacial score (nSPS) is 18.5. The number of piperazine rings is 1. The van der Waals surface area contributed by atoms with E-state index >= 15 is 0 Å². The van der Waals surface area contributed by atoms with E-state index in [0.29, 0.717) is 25.5 Å². The molecule has 2 aliphatic rings. The Morgan fingerprint density at radius 1 is 1.14 bits per heavy atom. The molecular weight excluding hydrogens is 367 g/mol. The Hall–Kier alpha value is -2.42. The van der Waals surface area contributed by atoms with Gasteiger partial charge in [0.25, 0.3) is 0 Å². The van der Waals surface area contributed by atoms with Crippen molar-refractivity contribution in [1.82, 2.24) is 0 Å². The first-order chi connectivity index (χ1) is 13.7. The third kappa shape index (κ3) is 4.70. The second kappa shape index (κ2) is 8.72. The van der Waals surface area contributed by atoms with Crippen LogP contribution in [-0.4, -0.2) is 52.3 Å². The maximum atomic E-state index is 13.1. The van der Waals surface area contributed by atoms with Crippen molar-refractivity contribution >= 4 is 5.69 Å². The molecule has 3 heterocycles. The van der Waals surface area contributed by atoms with E-state index in [9.17, 15) is 9.18 Å². The number of nitrogens with one attached hydrogen (secondary N) is 1. The molecule has 0 unspecified atom stereocenters. The molecule has 2 saturated heterocycles. The minimum Gasteiger partial charge on any atom is -0.481 e. The fraction of sp³-hybridized carbons (Fsp3) is 0.450. The number of anilines is 1. The minimum atomic E-state index is -0.430. The molecule has 150 valence electrons. The Labute approximate surface area is 162 Å². The molecule has 0 amide bonds. The maximum absolute atomic E-state index is 13.1. The van der Waals surface area contributed by atoms with E-state index in [0.717, 1.165) is 31.9 Å². The summed E-state index contributed by atoms with van der Waals surface area (Å²) in [5.41, 5.74) is 0.826. The number of halogens is 1. The summed E-state index contributed by atoms with van der Waals surface area (Å²) in [6.45, 7) is 5.45. The average Bonchev–Trinajstić information content (AvgIpc) is 3.22. The van der Waals surface area contributed by atoms with Crippen molar-refractivity contribution < 1.29 is 27.9 Å². The Bertz CT molecular complexity index is 827. The molecule has 8 heteroatoms. The van der Waals surface area contributed by atoms with E-state index in [-0.39, 0.29) is 23.6 Å². The van der Waals surface area contributed by atoms with Gasteiger partial charge in [-0.3, -0.25) is 4.79 Å². The highest BCUT2D eigenvalue weighted by Crippen LogP contribution is 2.14. The monoisotopic (exact) mass is 391 g/mol. The van der Waals surface area contributed by atoms with Gasteiger partial charge in [0, 0.05) is 11.8 Å². The largest absolute Gasteiger partial charge is 0.481 e. The van der Waals surface area contributed by atoms with E-state index in [1.807, 2.05) is 0 Å². The summed E-state index contributed by atoms with van der Waals surface area (Å²) in [4.78, 5) is 15.8. The minimum absolute atomic E-state index is 0.166. The molecule has 0 aliphatic carbocycles. The highest BCUT2D eigenvalue weighted by molar-refractivity contribution is 5.46. The van der Waals surface area contributed by atoms with Gasteiger partial charge in [-0.2, -0.15) is 0 Å². The maximum Gasteiger partial charge on any atom is 0.227 e. The Morgan fingerprint density at radius 2 is 1.86 bits per heavy atom. The molecule has 0 bridgehead atoms. The molecule has 7 nitrogen and oxygen atoms in total. The number of hydrogen-bond donors (Lipinski definition) is 1. The Balaban J connectivity index is 1.28. The fourth-order valence-electron chi connectivity index (χ4n) is 3.45. The second-order valence-corrected chi connectivity index (χ2v) is 6.95. The first-order valence-corrected chi connectivity index (χ1v) is 9.49. The summed E-state index contributed by atoms with van der Waals surface area (Å²) < 4.78 is 34.7. The van der Waals surface area contributed by atoms with Crippen LogP contribution in [0.25, 0.3) is 0 Å². The molecule has 28 heavy (non-hydrogen) atoms. The molecule has 1 aromatic carbocycles. The highest BCUT2D eigenvalue weighted by atomic mass is 19.1. The predicted octanol–water partition coefficient (Wildman–Crippen LogP) is 0.436. The molecule has 2 aliphatic heterocycles. The van der Waals surface area contributed by atoms with E-state index < -0.39 is 6.29 Å². The lowest BCUT2D eigenvalue weighted by molar-refractivity contribution is -0.915. The average molecular weight is 391 g/mol. The van der Waals surface area contributed by atoms with Gasteiger partial charge < -0.3 is 28.4 Å². The second-order valence-electron chi connectivity index (χ2n) is 6.95. The summed E-state index contributed by atoms with van der Waals surface area (Å²) in [5.74, 6) is 0.577. The first kappa shape index (κ1) is 18.9. The molecule has 4 rings (SSSR count). The van der Waals surface area contributed by atoms with Gasteiger partial charge in [0.1, 0.15) is 25.2 Å². The third-order valence-electron chi connectivity index (χ3n) is 5.00. The SMILES string of the molecule is O=c1cc(C[NH+]2CCN(c3ccc(F)cc3)CC2)occ1OCC1OCCO1. The number of rotatable bonds is 6. The van der Waals surface area contributed by atoms with E-state index in [2.05, 4.69) is 4.90 Å². The van der Waals surface area contributed by atoms with E-state index in [1.165, 1.54) is 29.4 Å². The smallest absolute Gasteiger partial charge is 0.227 e. The Morgan fingerprint density at radius 3 is 2.54 bits per heavy atom. The van der Waals surface area contributed by atoms with Crippen molar-refractivity contribution in [1.29, 1.82) is 0 Å². The molecule has 1 aromatic heterocycles. The van der Waals surface area contributed by atoms with Crippen molar-refractivity contribution in [2.75, 3.05) is 50.9 Å². The number of nitrogens with zero attached hydrogens (tertiary/aromatic N) is 1. The topological polar surface area (TPSA) is 65.6 Å². The molecule has 2 fully saturated rings. The standard InChI is InChI=1S/C20H23FN2O5/c21-15-1-3-16(4-2-15)23-7-5-22(6-8-23)12-17-11-18(24)19(13-27-17)28-14-20-25-9-10-26-20/h1-4,11,13,20H,5-10,12,14H2/p+1. The van der Waals surface area contributed by atoms with Crippen LogP contribution in [0.5, 0.6) is 5.75 Å². The van der Waals surface area contributed by atoms with E-state index in [1.54, 1.807) is 12.1 Å². The van der Waals surface area contributed by atoms with Crippen LogP contribution in [0.3, 0.4) is 0 Å². The zero-order valence-corrected chi connectivity index (χ0v) is 15.6. The molecule has 2 aromatic rings. The van der Waals surface area contributed by atoms with Crippen molar-refractivity contribution in [2.45, 2.75) is 12.8 Å². The molecule has 0 saturated carbocycles. The van der Waals surface area contributed by atoms with Gasteiger partial charge >= 0.3 is 0 Å². The quantitative estimate of drug-likeness (QED) is 0.771. The van der Waals surface area contributed by atoms with Crippen LogP contribution >= 0.6 is 0 Å². The van der Waals surface area contributed by atoms with Gasteiger partial charge in [-0.15, -0.1) is 0 Å².